The van der Waals surface area contributed by atoms with Crippen molar-refractivity contribution >= 4 is 0 Å². The lowest BCUT2D eigenvalue weighted by molar-refractivity contribution is 0.0543. The molecular weight excluding hydrogens is 236 g/mol. The summed E-state index contributed by atoms with van der Waals surface area (Å²) in [7, 11) is 0. The molecule has 2 aromatic rings. The second kappa shape index (κ2) is 5.95. The second-order valence-electron chi connectivity index (χ2n) is 5.02. The largest absolute Gasteiger partial charge is 0.384 e. The third-order valence-corrected chi connectivity index (χ3v) is 3.35. The standard InChI is InChI=1S/C16H20N2O/c1-13(14-8-10-17-11-9-14)18-12-16(2,19)15-6-4-3-5-7-15/h3-11,13,18-19H,12H2,1-2H3/t13-,16?/m1/s1. The van der Waals surface area contributed by atoms with Gasteiger partial charge in [0.05, 0.1) is 5.60 Å². The van der Waals surface area contributed by atoms with Gasteiger partial charge in [0.2, 0.25) is 0 Å². The summed E-state index contributed by atoms with van der Waals surface area (Å²) in [6.45, 7) is 4.41. The van der Waals surface area contributed by atoms with E-state index in [-0.39, 0.29) is 6.04 Å². The molecule has 1 aromatic heterocycles. The van der Waals surface area contributed by atoms with E-state index in [9.17, 15) is 5.11 Å². The van der Waals surface area contributed by atoms with E-state index in [1.807, 2.05) is 49.4 Å². The molecule has 2 atom stereocenters. The first-order valence-electron chi connectivity index (χ1n) is 6.51. The van der Waals surface area contributed by atoms with Gasteiger partial charge in [-0.05, 0) is 37.1 Å². The molecule has 0 aliphatic rings. The van der Waals surface area contributed by atoms with Crippen molar-refractivity contribution in [1.29, 1.82) is 0 Å². The molecule has 3 nitrogen and oxygen atoms in total. The Balaban J connectivity index is 1.99. The first kappa shape index (κ1) is 13.7. The van der Waals surface area contributed by atoms with Crippen molar-refractivity contribution in [3.8, 4) is 0 Å². The maximum Gasteiger partial charge on any atom is 0.0992 e. The van der Waals surface area contributed by atoms with E-state index in [1.165, 1.54) is 5.56 Å². The van der Waals surface area contributed by atoms with Crippen LogP contribution in [0, 0.1) is 0 Å². The molecule has 1 heterocycles. The molecule has 2 rings (SSSR count). The maximum absolute atomic E-state index is 10.5. The van der Waals surface area contributed by atoms with Crippen LogP contribution in [0.2, 0.25) is 0 Å². The number of rotatable bonds is 5. The van der Waals surface area contributed by atoms with Gasteiger partial charge in [-0.3, -0.25) is 4.98 Å². The van der Waals surface area contributed by atoms with Crippen LogP contribution in [0.4, 0.5) is 0 Å². The van der Waals surface area contributed by atoms with Crippen molar-refractivity contribution in [2.24, 2.45) is 0 Å². The third-order valence-electron chi connectivity index (χ3n) is 3.35. The number of pyridine rings is 1. The summed E-state index contributed by atoms with van der Waals surface area (Å²) < 4.78 is 0. The summed E-state index contributed by atoms with van der Waals surface area (Å²) in [6, 6.07) is 13.9. The highest BCUT2D eigenvalue weighted by atomic mass is 16.3. The number of nitrogens with one attached hydrogen (secondary N) is 1. The van der Waals surface area contributed by atoms with Crippen LogP contribution < -0.4 is 5.32 Å². The van der Waals surface area contributed by atoms with Crippen molar-refractivity contribution in [3.63, 3.8) is 0 Å². The van der Waals surface area contributed by atoms with Crippen LogP contribution in [0.15, 0.2) is 54.9 Å². The molecule has 0 fully saturated rings. The van der Waals surface area contributed by atoms with Gasteiger partial charge >= 0.3 is 0 Å². The average Bonchev–Trinajstić information content (AvgIpc) is 2.47. The molecular formula is C16H20N2O. The van der Waals surface area contributed by atoms with Gasteiger partial charge in [0.15, 0.2) is 0 Å². The summed E-state index contributed by atoms with van der Waals surface area (Å²) >= 11 is 0. The zero-order chi connectivity index (χ0) is 13.7. The molecule has 19 heavy (non-hydrogen) atoms. The molecule has 0 amide bonds. The molecule has 1 aromatic carbocycles. The topological polar surface area (TPSA) is 45.1 Å². The summed E-state index contributed by atoms with van der Waals surface area (Å²) in [6.07, 6.45) is 3.56. The van der Waals surface area contributed by atoms with Crippen LogP contribution in [0.1, 0.15) is 31.0 Å². The molecule has 2 N–H and O–H groups in total. The summed E-state index contributed by atoms with van der Waals surface area (Å²) in [5.41, 5.74) is 1.21. The normalized spacial score (nSPS) is 15.7. The molecule has 0 bridgehead atoms. The molecule has 1 unspecified atom stereocenters. The number of benzene rings is 1. The van der Waals surface area contributed by atoms with Crippen molar-refractivity contribution in [2.45, 2.75) is 25.5 Å². The smallest absolute Gasteiger partial charge is 0.0992 e. The zero-order valence-corrected chi connectivity index (χ0v) is 11.4. The summed E-state index contributed by atoms with van der Waals surface area (Å²) in [5.74, 6) is 0. The van der Waals surface area contributed by atoms with Gasteiger partial charge in [-0.25, -0.2) is 0 Å². The van der Waals surface area contributed by atoms with E-state index in [4.69, 9.17) is 0 Å². The van der Waals surface area contributed by atoms with E-state index in [0.717, 1.165) is 5.56 Å². The van der Waals surface area contributed by atoms with Crippen molar-refractivity contribution in [2.75, 3.05) is 6.54 Å². The number of aromatic nitrogens is 1. The van der Waals surface area contributed by atoms with Crippen LogP contribution in [-0.4, -0.2) is 16.6 Å². The lowest BCUT2D eigenvalue weighted by Crippen LogP contribution is -2.36. The molecule has 0 saturated carbocycles. The van der Waals surface area contributed by atoms with Gasteiger partial charge in [-0.1, -0.05) is 30.3 Å². The van der Waals surface area contributed by atoms with Gasteiger partial charge < -0.3 is 10.4 Å². The highest BCUT2D eigenvalue weighted by molar-refractivity contribution is 5.22. The molecule has 100 valence electrons. The van der Waals surface area contributed by atoms with Gasteiger partial charge in [-0.2, -0.15) is 0 Å². The Labute approximate surface area is 114 Å². The molecule has 0 aliphatic heterocycles. The lowest BCUT2D eigenvalue weighted by Gasteiger charge is -2.26. The fourth-order valence-electron chi connectivity index (χ4n) is 2.02. The number of nitrogens with zero attached hydrogens (tertiary/aromatic N) is 1. The summed E-state index contributed by atoms with van der Waals surface area (Å²) in [4.78, 5) is 4.01. The fraction of sp³-hybridized carbons (Fsp3) is 0.312. The predicted octanol–water partition coefficient (Wildman–Crippen LogP) is 2.64. The minimum absolute atomic E-state index is 0.179. The first-order valence-corrected chi connectivity index (χ1v) is 6.51. The van der Waals surface area contributed by atoms with E-state index in [0.29, 0.717) is 6.54 Å². The van der Waals surface area contributed by atoms with Gasteiger partial charge in [-0.15, -0.1) is 0 Å². The van der Waals surface area contributed by atoms with Crippen molar-refractivity contribution in [1.82, 2.24) is 10.3 Å². The minimum atomic E-state index is -0.872. The maximum atomic E-state index is 10.5. The van der Waals surface area contributed by atoms with Crippen LogP contribution in [0.3, 0.4) is 0 Å². The highest BCUT2D eigenvalue weighted by Gasteiger charge is 2.23. The van der Waals surface area contributed by atoms with Crippen LogP contribution >= 0.6 is 0 Å². The van der Waals surface area contributed by atoms with Crippen molar-refractivity contribution in [3.05, 3.63) is 66.0 Å². The quantitative estimate of drug-likeness (QED) is 0.864. The van der Waals surface area contributed by atoms with E-state index >= 15 is 0 Å². The van der Waals surface area contributed by atoms with Gasteiger partial charge in [0, 0.05) is 25.0 Å². The average molecular weight is 256 g/mol. The van der Waals surface area contributed by atoms with Crippen LogP contribution in [0.5, 0.6) is 0 Å². The first-order chi connectivity index (χ1) is 9.09. The predicted molar refractivity (Wildman–Crippen MR) is 76.7 cm³/mol. The van der Waals surface area contributed by atoms with Gasteiger partial charge in [0.1, 0.15) is 0 Å². The zero-order valence-electron chi connectivity index (χ0n) is 11.4. The molecule has 3 heteroatoms. The van der Waals surface area contributed by atoms with Crippen molar-refractivity contribution < 1.29 is 5.11 Å². The Morgan fingerprint density at radius 2 is 1.79 bits per heavy atom. The summed E-state index contributed by atoms with van der Waals surface area (Å²) in [5, 5.41) is 13.9. The fourth-order valence-corrected chi connectivity index (χ4v) is 2.02. The second-order valence-corrected chi connectivity index (χ2v) is 5.02. The highest BCUT2D eigenvalue weighted by Crippen LogP contribution is 2.20. The minimum Gasteiger partial charge on any atom is -0.384 e. The Morgan fingerprint density at radius 3 is 2.42 bits per heavy atom. The Morgan fingerprint density at radius 1 is 1.16 bits per heavy atom. The van der Waals surface area contributed by atoms with E-state index < -0.39 is 5.60 Å². The van der Waals surface area contributed by atoms with Gasteiger partial charge in [0.25, 0.3) is 0 Å². The molecule has 0 spiro atoms. The van der Waals surface area contributed by atoms with E-state index in [1.54, 1.807) is 12.4 Å². The monoisotopic (exact) mass is 256 g/mol. The Hall–Kier alpha value is -1.71. The third kappa shape index (κ3) is 3.63. The lowest BCUT2D eigenvalue weighted by atomic mass is 9.95. The SMILES string of the molecule is C[C@@H](NCC(C)(O)c1ccccc1)c1ccncc1. The molecule has 0 saturated heterocycles. The molecule has 0 aliphatic carbocycles. The Bertz CT molecular complexity index is 497. The number of aliphatic hydroxyl groups is 1. The number of hydrogen-bond donors (Lipinski definition) is 2. The number of hydrogen-bond acceptors (Lipinski definition) is 3. The van der Waals surface area contributed by atoms with Crippen LogP contribution in [-0.2, 0) is 5.60 Å². The van der Waals surface area contributed by atoms with E-state index in [2.05, 4.69) is 17.2 Å². The Kier molecular flexibility index (Phi) is 4.30. The molecule has 0 radical (unpaired) electrons. The van der Waals surface area contributed by atoms with Crippen LogP contribution in [0.25, 0.3) is 0 Å².